The van der Waals surface area contributed by atoms with E-state index < -0.39 is 17.2 Å². The van der Waals surface area contributed by atoms with Crippen LogP contribution in [0.3, 0.4) is 0 Å². The second-order valence-electron chi connectivity index (χ2n) is 5.95. The summed E-state index contributed by atoms with van der Waals surface area (Å²) in [6.45, 7) is 6.01. The van der Waals surface area contributed by atoms with Crippen molar-refractivity contribution in [2.45, 2.75) is 44.9 Å². The smallest absolute Gasteiger partial charge is 0.322 e. The summed E-state index contributed by atoms with van der Waals surface area (Å²) in [6.07, 6.45) is 0.407. The number of amides is 3. The molecule has 0 radical (unpaired) electrons. The van der Waals surface area contributed by atoms with Gasteiger partial charge < -0.3 is 10.1 Å². The van der Waals surface area contributed by atoms with E-state index in [1.807, 2.05) is 44.2 Å². The van der Waals surface area contributed by atoms with Gasteiger partial charge in [0.05, 0.1) is 12.2 Å². The predicted molar refractivity (Wildman–Crippen MR) is 75.0 cm³/mol. The SMILES string of the molecule is CC(C)(CC1(C)NC(=O)NC1=O)OCc1ccccc1. The van der Waals surface area contributed by atoms with Gasteiger partial charge in [0.25, 0.3) is 5.91 Å². The maximum absolute atomic E-state index is 11.8. The molecule has 1 unspecified atom stereocenters. The summed E-state index contributed by atoms with van der Waals surface area (Å²) in [7, 11) is 0. The second-order valence-corrected chi connectivity index (χ2v) is 5.95. The third kappa shape index (κ3) is 3.36. The van der Waals surface area contributed by atoms with E-state index in [1.165, 1.54) is 0 Å². The monoisotopic (exact) mass is 276 g/mol. The van der Waals surface area contributed by atoms with Crippen molar-refractivity contribution in [1.82, 2.24) is 10.6 Å². The molecule has 1 aromatic carbocycles. The summed E-state index contributed by atoms with van der Waals surface area (Å²) in [5.74, 6) is -0.307. The molecule has 1 aromatic rings. The van der Waals surface area contributed by atoms with E-state index in [2.05, 4.69) is 10.6 Å². The van der Waals surface area contributed by atoms with Gasteiger partial charge in [-0.15, -0.1) is 0 Å². The number of carbonyl (C=O) groups is 2. The molecule has 0 bridgehead atoms. The molecule has 1 aliphatic rings. The average Bonchev–Trinajstić information content (AvgIpc) is 2.60. The Morgan fingerprint density at radius 1 is 1.20 bits per heavy atom. The van der Waals surface area contributed by atoms with Crippen LogP contribution in [0.5, 0.6) is 0 Å². The van der Waals surface area contributed by atoms with Gasteiger partial charge >= 0.3 is 6.03 Å². The van der Waals surface area contributed by atoms with Gasteiger partial charge in [-0.25, -0.2) is 4.79 Å². The number of carbonyl (C=O) groups excluding carboxylic acids is 2. The highest BCUT2D eigenvalue weighted by atomic mass is 16.5. The fourth-order valence-corrected chi connectivity index (χ4v) is 2.46. The van der Waals surface area contributed by atoms with Crippen molar-refractivity contribution in [1.29, 1.82) is 0 Å². The maximum atomic E-state index is 11.8. The first-order chi connectivity index (χ1) is 9.31. The van der Waals surface area contributed by atoms with Crippen LogP contribution >= 0.6 is 0 Å². The maximum Gasteiger partial charge on any atom is 0.322 e. The van der Waals surface area contributed by atoms with Crippen LogP contribution in [0.4, 0.5) is 4.79 Å². The van der Waals surface area contributed by atoms with Crippen LogP contribution < -0.4 is 10.6 Å². The van der Waals surface area contributed by atoms with E-state index in [0.717, 1.165) is 5.56 Å². The van der Waals surface area contributed by atoms with E-state index in [-0.39, 0.29) is 5.91 Å². The van der Waals surface area contributed by atoms with Crippen molar-refractivity contribution in [3.8, 4) is 0 Å². The molecule has 1 fully saturated rings. The van der Waals surface area contributed by atoms with Gasteiger partial charge in [-0.05, 0) is 26.3 Å². The molecule has 0 aliphatic carbocycles. The lowest BCUT2D eigenvalue weighted by molar-refractivity contribution is -0.127. The van der Waals surface area contributed by atoms with Crippen LogP contribution in [0.25, 0.3) is 0 Å². The molecule has 5 heteroatoms. The van der Waals surface area contributed by atoms with E-state index in [0.29, 0.717) is 13.0 Å². The normalized spacial score (nSPS) is 22.6. The molecule has 2 rings (SSSR count). The number of imide groups is 1. The lowest BCUT2D eigenvalue weighted by atomic mass is 9.88. The summed E-state index contributed by atoms with van der Waals surface area (Å²) in [6, 6.07) is 9.39. The molecular formula is C15H20N2O3. The number of nitrogens with one attached hydrogen (secondary N) is 2. The minimum Gasteiger partial charge on any atom is -0.371 e. The van der Waals surface area contributed by atoms with Crippen molar-refractivity contribution in [3.05, 3.63) is 35.9 Å². The minimum atomic E-state index is -0.919. The Morgan fingerprint density at radius 2 is 1.85 bits per heavy atom. The summed E-state index contributed by atoms with van der Waals surface area (Å²) in [5, 5.41) is 4.91. The number of hydrogen-bond donors (Lipinski definition) is 2. The number of hydrogen-bond acceptors (Lipinski definition) is 3. The highest BCUT2D eigenvalue weighted by molar-refractivity contribution is 6.06. The zero-order chi connectivity index (χ0) is 14.8. The third-order valence-corrected chi connectivity index (χ3v) is 3.37. The van der Waals surface area contributed by atoms with Crippen LogP contribution in [0.15, 0.2) is 30.3 Å². The predicted octanol–water partition coefficient (Wildman–Crippen LogP) is 1.97. The molecule has 0 spiro atoms. The average molecular weight is 276 g/mol. The highest BCUT2D eigenvalue weighted by Gasteiger charge is 2.45. The van der Waals surface area contributed by atoms with E-state index in [1.54, 1.807) is 6.92 Å². The van der Waals surface area contributed by atoms with Crippen molar-refractivity contribution in [3.63, 3.8) is 0 Å². The molecule has 0 aromatic heterocycles. The van der Waals surface area contributed by atoms with Crippen molar-refractivity contribution in [2.75, 3.05) is 0 Å². The molecule has 5 nitrogen and oxygen atoms in total. The van der Waals surface area contributed by atoms with E-state index in [4.69, 9.17) is 4.74 Å². The first-order valence-corrected chi connectivity index (χ1v) is 6.62. The Morgan fingerprint density at radius 3 is 2.40 bits per heavy atom. The van der Waals surface area contributed by atoms with Gasteiger partial charge in [-0.1, -0.05) is 30.3 Å². The van der Waals surface area contributed by atoms with Crippen LogP contribution in [0, 0.1) is 0 Å². The minimum absolute atomic E-state index is 0.307. The summed E-state index contributed by atoms with van der Waals surface area (Å²) in [5.41, 5.74) is -0.373. The van der Waals surface area contributed by atoms with Crippen molar-refractivity contribution >= 4 is 11.9 Å². The Bertz CT molecular complexity index is 513. The molecule has 108 valence electrons. The molecule has 1 aliphatic heterocycles. The Labute approximate surface area is 118 Å². The standard InChI is InChI=1S/C15H20N2O3/c1-14(2,20-9-11-7-5-4-6-8-11)10-15(3)12(18)16-13(19)17-15/h4-8H,9-10H2,1-3H3,(H2,16,17,18,19). The second kappa shape index (κ2) is 5.25. The number of ether oxygens (including phenoxy) is 1. The molecular weight excluding hydrogens is 256 g/mol. The number of rotatable bonds is 5. The Kier molecular flexibility index (Phi) is 3.81. The first-order valence-electron chi connectivity index (χ1n) is 6.62. The molecule has 20 heavy (non-hydrogen) atoms. The highest BCUT2D eigenvalue weighted by Crippen LogP contribution is 2.27. The van der Waals surface area contributed by atoms with Crippen molar-refractivity contribution in [2.24, 2.45) is 0 Å². The van der Waals surface area contributed by atoms with E-state index in [9.17, 15) is 9.59 Å². The molecule has 1 saturated heterocycles. The van der Waals surface area contributed by atoms with Crippen LogP contribution in [0.2, 0.25) is 0 Å². The topological polar surface area (TPSA) is 67.4 Å². The van der Waals surface area contributed by atoms with Gasteiger partial charge in [0.15, 0.2) is 0 Å². The van der Waals surface area contributed by atoms with Gasteiger partial charge in [0.1, 0.15) is 5.54 Å². The molecule has 0 saturated carbocycles. The zero-order valence-electron chi connectivity index (χ0n) is 12.0. The fraction of sp³-hybridized carbons (Fsp3) is 0.467. The van der Waals surface area contributed by atoms with Crippen LogP contribution in [0.1, 0.15) is 32.8 Å². The summed E-state index contributed by atoms with van der Waals surface area (Å²) >= 11 is 0. The van der Waals surface area contributed by atoms with Gasteiger partial charge in [-0.2, -0.15) is 0 Å². The van der Waals surface area contributed by atoms with Crippen molar-refractivity contribution < 1.29 is 14.3 Å². The lowest BCUT2D eigenvalue weighted by Crippen LogP contribution is -2.49. The molecule has 1 heterocycles. The van der Waals surface area contributed by atoms with Gasteiger partial charge in [-0.3, -0.25) is 10.1 Å². The van der Waals surface area contributed by atoms with E-state index >= 15 is 0 Å². The first kappa shape index (κ1) is 14.5. The quantitative estimate of drug-likeness (QED) is 0.808. The largest absolute Gasteiger partial charge is 0.371 e. The Balaban J connectivity index is 1.97. The fourth-order valence-electron chi connectivity index (χ4n) is 2.46. The van der Waals surface area contributed by atoms with Gasteiger partial charge in [0.2, 0.25) is 0 Å². The molecule has 2 N–H and O–H groups in total. The van der Waals surface area contributed by atoms with Crippen LogP contribution in [-0.2, 0) is 16.1 Å². The van der Waals surface area contributed by atoms with Crippen LogP contribution in [-0.4, -0.2) is 23.1 Å². The zero-order valence-corrected chi connectivity index (χ0v) is 12.0. The van der Waals surface area contributed by atoms with Gasteiger partial charge in [0, 0.05) is 6.42 Å². The number of urea groups is 1. The lowest BCUT2D eigenvalue weighted by Gasteiger charge is -2.32. The summed E-state index contributed by atoms with van der Waals surface area (Å²) < 4.78 is 5.89. The third-order valence-electron chi connectivity index (χ3n) is 3.37. The Hall–Kier alpha value is -1.88. The molecule has 1 atom stereocenters. The summed E-state index contributed by atoms with van der Waals surface area (Å²) in [4.78, 5) is 23.1. The molecule has 3 amide bonds. The number of benzene rings is 1.